The summed E-state index contributed by atoms with van der Waals surface area (Å²) in [5.41, 5.74) is 1.70. The van der Waals surface area contributed by atoms with Gasteiger partial charge in [-0.3, -0.25) is 0 Å². The van der Waals surface area contributed by atoms with E-state index in [1.54, 1.807) is 0 Å². The second-order valence-electron chi connectivity index (χ2n) is 5.19. The van der Waals surface area contributed by atoms with Crippen LogP contribution in [0, 0.1) is 0 Å². The summed E-state index contributed by atoms with van der Waals surface area (Å²) in [6, 6.07) is 6.26. The Morgan fingerprint density at radius 1 is 1.25 bits per heavy atom. The number of rotatable bonds is 3. The van der Waals surface area contributed by atoms with Crippen LogP contribution in [0.4, 0.5) is 5.69 Å². The number of nitrogens with one attached hydrogen (secondary N) is 1. The fourth-order valence-electron chi connectivity index (χ4n) is 2.60. The van der Waals surface area contributed by atoms with Crippen molar-refractivity contribution in [2.45, 2.75) is 42.5 Å². The van der Waals surface area contributed by atoms with Crippen LogP contribution in [0.3, 0.4) is 0 Å². The average Bonchev–Trinajstić information content (AvgIpc) is 2.83. The Bertz CT molecular complexity index is 718. The summed E-state index contributed by atoms with van der Waals surface area (Å²) in [6.07, 6.45) is 6.27. The van der Waals surface area contributed by atoms with E-state index in [0.717, 1.165) is 21.7 Å². The minimum Gasteiger partial charge on any atom is -0.382 e. The summed E-state index contributed by atoms with van der Waals surface area (Å²) < 4.78 is 23.4. The molecule has 20 heavy (non-hydrogen) atoms. The first-order valence-corrected chi connectivity index (χ1v) is 9.08. The zero-order valence-corrected chi connectivity index (χ0v) is 12.6. The summed E-state index contributed by atoms with van der Waals surface area (Å²) in [5.74, 6) is 0. The van der Waals surface area contributed by atoms with Crippen LogP contribution < -0.4 is 10.5 Å². The highest BCUT2D eigenvalue weighted by Crippen LogP contribution is 2.29. The first-order chi connectivity index (χ1) is 9.52. The van der Waals surface area contributed by atoms with E-state index in [9.17, 15) is 8.42 Å². The SMILES string of the molecule is NS(=O)(=O)c1nc2ccc(NC3CCCCC3)cc2s1. The summed E-state index contributed by atoms with van der Waals surface area (Å²) >= 11 is 1.12. The highest BCUT2D eigenvalue weighted by Gasteiger charge is 2.16. The molecule has 0 saturated heterocycles. The molecule has 0 spiro atoms. The zero-order valence-electron chi connectivity index (χ0n) is 11.0. The van der Waals surface area contributed by atoms with Crippen LogP contribution in [0.15, 0.2) is 22.5 Å². The standard InChI is InChI=1S/C13H17N3O2S2/c14-20(17,18)13-16-11-7-6-10(8-12(11)19-13)15-9-4-2-1-3-5-9/h6-9,15H,1-5H2,(H2,14,17,18). The Kier molecular flexibility index (Phi) is 3.66. The number of hydrogen-bond acceptors (Lipinski definition) is 5. The molecule has 3 N–H and O–H groups in total. The van der Waals surface area contributed by atoms with E-state index in [1.165, 1.54) is 32.1 Å². The smallest absolute Gasteiger partial charge is 0.265 e. The maximum atomic E-state index is 11.3. The molecule has 0 amide bonds. The van der Waals surface area contributed by atoms with E-state index in [-0.39, 0.29) is 4.34 Å². The predicted molar refractivity (Wildman–Crippen MR) is 81.5 cm³/mol. The Morgan fingerprint density at radius 3 is 2.70 bits per heavy atom. The zero-order chi connectivity index (χ0) is 14.2. The largest absolute Gasteiger partial charge is 0.382 e. The van der Waals surface area contributed by atoms with Gasteiger partial charge in [-0.25, -0.2) is 18.5 Å². The molecule has 3 rings (SSSR count). The van der Waals surface area contributed by atoms with Gasteiger partial charge in [-0.05, 0) is 31.0 Å². The van der Waals surface area contributed by atoms with E-state index in [1.807, 2.05) is 18.2 Å². The molecule has 0 aliphatic heterocycles. The summed E-state index contributed by atoms with van der Waals surface area (Å²) in [5, 5.41) is 8.63. The van der Waals surface area contributed by atoms with Gasteiger partial charge in [-0.1, -0.05) is 19.3 Å². The number of nitrogens with two attached hydrogens (primary N) is 1. The number of nitrogens with zero attached hydrogens (tertiary/aromatic N) is 1. The van der Waals surface area contributed by atoms with Crippen LogP contribution in [-0.4, -0.2) is 19.4 Å². The number of hydrogen-bond donors (Lipinski definition) is 2. The number of benzene rings is 1. The summed E-state index contributed by atoms with van der Waals surface area (Å²) in [6.45, 7) is 0. The normalized spacial score (nSPS) is 17.4. The maximum absolute atomic E-state index is 11.3. The summed E-state index contributed by atoms with van der Waals surface area (Å²) in [7, 11) is -3.72. The molecule has 108 valence electrons. The van der Waals surface area contributed by atoms with Crippen molar-refractivity contribution < 1.29 is 8.42 Å². The van der Waals surface area contributed by atoms with Gasteiger partial charge in [0.05, 0.1) is 10.2 Å². The van der Waals surface area contributed by atoms with Gasteiger partial charge in [0.25, 0.3) is 10.0 Å². The number of aromatic nitrogens is 1. The lowest BCUT2D eigenvalue weighted by Gasteiger charge is -2.23. The molecule has 0 unspecified atom stereocenters. The molecule has 7 heteroatoms. The molecular weight excluding hydrogens is 294 g/mol. The van der Waals surface area contributed by atoms with Gasteiger partial charge >= 0.3 is 0 Å². The van der Waals surface area contributed by atoms with E-state index in [2.05, 4.69) is 10.3 Å². The van der Waals surface area contributed by atoms with Crippen molar-refractivity contribution >= 4 is 37.3 Å². The third kappa shape index (κ3) is 2.94. The molecule has 5 nitrogen and oxygen atoms in total. The molecule has 1 saturated carbocycles. The van der Waals surface area contributed by atoms with Crippen molar-refractivity contribution in [2.24, 2.45) is 5.14 Å². The van der Waals surface area contributed by atoms with Gasteiger partial charge in [0.2, 0.25) is 4.34 Å². The highest BCUT2D eigenvalue weighted by molar-refractivity contribution is 7.91. The van der Waals surface area contributed by atoms with E-state index >= 15 is 0 Å². The van der Waals surface area contributed by atoms with Gasteiger partial charge in [0.1, 0.15) is 0 Å². The number of sulfonamides is 1. The third-order valence-corrected chi connectivity index (χ3v) is 5.93. The lowest BCUT2D eigenvalue weighted by molar-refractivity contribution is 0.463. The van der Waals surface area contributed by atoms with Crippen molar-refractivity contribution in [3.8, 4) is 0 Å². The minimum atomic E-state index is -3.72. The second kappa shape index (κ2) is 5.31. The predicted octanol–water partition coefficient (Wildman–Crippen LogP) is 2.69. The maximum Gasteiger partial charge on any atom is 0.265 e. The van der Waals surface area contributed by atoms with Crippen LogP contribution in [0.25, 0.3) is 10.2 Å². The van der Waals surface area contributed by atoms with Gasteiger partial charge in [-0.15, -0.1) is 11.3 Å². The van der Waals surface area contributed by atoms with Crippen LogP contribution in [0.5, 0.6) is 0 Å². The van der Waals surface area contributed by atoms with Crippen molar-refractivity contribution in [3.63, 3.8) is 0 Å². The molecule has 0 bridgehead atoms. The fourth-order valence-corrected chi connectivity index (χ4v) is 4.29. The molecule has 1 aromatic heterocycles. The number of fused-ring (bicyclic) bond motifs is 1. The topological polar surface area (TPSA) is 85.1 Å². The van der Waals surface area contributed by atoms with Crippen LogP contribution in [0.1, 0.15) is 32.1 Å². The average molecular weight is 311 g/mol. The third-order valence-electron chi connectivity index (χ3n) is 3.59. The van der Waals surface area contributed by atoms with Crippen molar-refractivity contribution in [2.75, 3.05) is 5.32 Å². The summed E-state index contributed by atoms with van der Waals surface area (Å²) in [4.78, 5) is 4.05. The monoisotopic (exact) mass is 311 g/mol. The number of primary sulfonamides is 1. The van der Waals surface area contributed by atoms with Gasteiger partial charge in [0, 0.05) is 11.7 Å². The van der Waals surface area contributed by atoms with E-state index in [4.69, 9.17) is 5.14 Å². The Balaban J connectivity index is 1.86. The van der Waals surface area contributed by atoms with Crippen molar-refractivity contribution in [3.05, 3.63) is 18.2 Å². The molecule has 0 atom stereocenters. The Morgan fingerprint density at radius 2 is 2.00 bits per heavy atom. The highest BCUT2D eigenvalue weighted by atomic mass is 32.2. The van der Waals surface area contributed by atoms with Gasteiger partial charge in [-0.2, -0.15) is 0 Å². The lowest BCUT2D eigenvalue weighted by Crippen LogP contribution is -2.21. The molecule has 2 aromatic rings. The fraction of sp³-hybridized carbons (Fsp3) is 0.462. The van der Waals surface area contributed by atoms with Crippen molar-refractivity contribution in [1.82, 2.24) is 4.98 Å². The van der Waals surface area contributed by atoms with Crippen LogP contribution in [-0.2, 0) is 10.0 Å². The first-order valence-electron chi connectivity index (χ1n) is 6.72. The van der Waals surface area contributed by atoms with E-state index in [0.29, 0.717) is 11.6 Å². The van der Waals surface area contributed by atoms with Crippen molar-refractivity contribution in [1.29, 1.82) is 0 Å². The number of thiazole rings is 1. The molecule has 1 heterocycles. The number of anilines is 1. The first kappa shape index (κ1) is 13.8. The second-order valence-corrected chi connectivity index (χ2v) is 7.95. The van der Waals surface area contributed by atoms with E-state index < -0.39 is 10.0 Å². The molecule has 1 aliphatic carbocycles. The molecule has 0 radical (unpaired) electrons. The lowest BCUT2D eigenvalue weighted by atomic mass is 9.95. The Hall–Kier alpha value is -1.18. The Labute approximate surface area is 122 Å². The molecule has 1 fully saturated rings. The molecule has 1 aliphatic rings. The molecular formula is C13H17N3O2S2. The minimum absolute atomic E-state index is 0.0256. The van der Waals surface area contributed by atoms with Gasteiger partial charge < -0.3 is 5.32 Å². The van der Waals surface area contributed by atoms with Crippen LogP contribution >= 0.6 is 11.3 Å². The molecule has 1 aromatic carbocycles. The van der Waals surface area contributed by atoms with Crippen LogP contribution in [0.2, 0.25) is 0 Å². The quantitative estimate of drug-likeness (QED) is 0.912. The van der Waals surface area contributed by atoms with Gasteiger partial charge in [0.15, 0.2) is 0 Å².